The quantitative estimate of drug-likeness (QED) is 0.0705. The van der Waals surface area contributed by atoms with Gasteiger partial charge in [0.05, 0.1) is 19.3 Å². The maximum atomic E-state index is 14.8. The summed E-state index contributed by atoms with van der Waals surface area (Å²) >= 11 is 0. The van der Waals surface area contributed by atoms with Crippen LogP contribution in [0.25, 0.3) is 20.9 Å². The van der Waals surface area contributed by atoms with Gasteiger partial charge in [-0.15, -0.1) is 0 Å². The zero-order valence-electron chi connectivity index (χ0n) is 28.5. The summed E-state index contributed by atoms with van der Waals surface area (Å²) in [4.78, 5) is 28.7. The third-order valence-corrected chi connectivity index (χ3v) is 11.2. The van der Waals surface area contributed by atoms with Crippen molar-refractivity contribution >= 4 is 11.8 Å². The van der Waals surface area contributed by atoms with Crippen molar-refractivity contribution in [2.24, 2.45) is 33.0 Å². The van der Waals surface area contributed by atoms with E-state index in [-0.39, 0.29) is 42.9 Å². The van der Waals surface area contributed by atoms with Crippen LogP contribution in [0.2, 0.25) is 0 Å². The molecule has 5 rings (SSSR count). The van der Waals surface area contributed by atoms with Gasteiger partial charge in [0, 0.05) is 68.2 Å². The number of rotatable bonds is 16. The number of ether oxygens (including phenoxy) is 3. The minimum Gasteiger partial charge on any atom is -0.470 e. The minimum atomic E-state index is -1.17. The Hall–Kier alpha value is -2.86. The molecule has 0 aromatic rings. The Morgan fingerprint density at radius 3 is 2.52 bits per heavy atom. The van der Waals surface area contributed by atoms with Crippen molar-refractivity contribution in [3.8, 4) is 0 Å². The van der Waals surface area contributed by atoms with Gasteiger partial charge in [0.1, 0.15) is 0 Å². The van der Waals surface area contributed by atoms with Crippen LogP contribution >= 0.6 is 0 Å². The molecule has 0 aromatic carbocycles. The van der Waals surface area contributed by atoms with Gasteiger partial charge >= 0.3 is 0 Å². The molecule has 3 fully saturated rings. The predicted octanol–water partition coefficient (Wildman–Crippen LogP) is 5.62. The van der Waals surface area contributed by atoms with Crippen LogP contribution in [0.1, 0.15) is 89.9 Å². The highest BCUT2D eigenvalue weighted by atomic mass is 16.5. The zero-order valence-corrected chi connectivity index (χ0v) is 28.5. The maximum Gasteiger partial charge on any atom is 0.252 e. The number of aliphatic hydroxyl groups excluding tert-OH is 1. The molecule has 5 aliphatic rings. The Balaban J connectivity index is 1.48. The van der Waals surface area contributed by atoms with Crippen molar-refractivity contribution in [2.45, 2.75) is 108 Å². The minimum absolute atomic E-state index is 0.0864. The van der Waals surface area contributed by atoms with Crippen molar-refractivity contribution in [2.75, 3.05) is 65.7 Å². The van der Waals surface area contributed by atoms with Crippen LogP contribution in [0.4, 0.5) is 0 Å². The molecule has 48 heavy (non-hydrogen) atoms. The van der Waals surface area contributed by atoms with Crippen LogP contribution in [-0.4, -0.2) is 105 Å². The number of hydrogen-bond donors (Lipinski definition) is 2. The number of aliphatic imine (C=N–C) groups is 1. The second-order valence-electron chi connectivity index (χ2n) is 14.2. The summed E-state index contributed by atoms with van der Waals surface area (Å²) in [5.74, 6) is 0.987. The van der Waals surface area contributed by atoms with Crippen LogP contribution in [-0.2, 0) is 19.0 Å². The molecule has 14 heteroatoms. The van der Waals surface area contributed by atoms with Crippen LogP contribution in [0.3, 0.4) is 0 Å². The number of nitrogens with one attached hydrogen (secondary N) is 1. The molecular formula is C34H55N9O5. The third-order valence-electron chi connectivity index (χ3n) is 11.2. The van der Waals surface area contributed by atoms with E-state index >= 15 is 0 Å². The van der Waals surface area contributed by atoms with Crippen molar-refractivity contribution in [3.05, 3.63) is 32.0 Å². The molecule has 2 aliphatic heterocycles. The molecule has 0 radical (unpaired) electrons. The number of nitrogens with zero attached hydrogens (tertiary/aromatic N) is 8. The predicted molar refractivity (Wildman–Crippen MR) is 182 cm³/mol. The summed E-state index contributed by atoms with van der Waals surface area (Å²) in [5.41, 5.74) is 19.3. The fraction of sp³-hybridized carbons (Fsp3) is 0.882. The van der Waals surface area contributed by atoms with E-state index in [1.807, 2.05) is 0 Å². The average Bonchev–Trinajstić information content (AvgIpc) is 3.51. The Labute approximate surface area is 284 Å². The lowest BCUT2D eigenvalue weighted by molar-refractivity contribution is -0.129. The van der Waals surface area contributed by atoms with E-state index in [0.717, 1.165) is 108 Å². The first kappa shape index (κ1) is 36.4. The second kappa shape index (κ2) is 18.8. The summed E-state index contributed by atoms with van der Waals surface area (Å²) in [7, 11) is 0. The summed E-state index contributed by atoms with van der Waals surface area (Å²) in [6, 6.07) is 0. The lowest BCUT2D eigenvalue weighted by atomic mass is 9.69. The number of morpholine rings is 1. The highest BCUT2D eigenvalue weighted by Crippen LogP contribution is 2.47. The number of azide groups is 2. The fourth-order valence-corrected chi connectivity index (χ4v) is 8.50. The van der Waals surface area contributed by atoms with E-state index in [1.54, 1.807) is 0 Å². The fourth-order valence-electron chi connectivity index (χ4n) is 8.50. The number of carbonyl (C=O) groups is 1. The first-order valence-corrected chi connectivity index (χ1v) is 18.4. The van der Waals surface area contributed by atoms with E-state index < -0.39 is 11.6 Å². The number of aliphatic hydroxyl groups is 1. The van der Waals surface area contributed by atoms with Crippen molar-refractivity contribution in [3.63, 3.8) is 0 Å². The molecule has 2 saturated carbocycles. The summed E-state index contributed by atoms with van der Waals surface area (Å²) in [6.45, 7) is 5.71. The highest BCUT2D eigenvalue weighted by molar-refractivity contribution is 5.95. The Morgan fingerprint density at radius 2 is 1.77 bits per heavy atom. The van der Waals surface area contributed by atoms with E-state index in [2.05, 4.69) is 30.3 Å². The van der Waals surface area contributed by atoms with Gasteiger partial charge in [0.2, 0.25) is 0 Å². The Bertz CT molecular complexity index is 1220. The van der Waals surface area contributed by atoms with E-state index in [1.165, 1.54) is 0 Å². The normalized spacial score (nSPS) is 31.3. The summed E-state index contributed by atoms with van der Waals surface area (Å²) in [6.07, 6.45) is 11.9. The Kier molecular flexibility index (Phi) is 14.2. The molecule has 3 aliphatic carbocycles. The molecule has 2 N–H and O–H groups in total. The summed E-state index contributed by atoms with van der Waals surface area (Å²) < 4.78 is 18.5. The number of amides is 1. The van der Waals surface area contributed by atoms with Crippen LogP contribution < -0.4 is 5.32 Å². The van der Waals surface area contributed by atoms with Crippen LogP contribution in [0.5, 0.6) is 0 Å². The molecule has 0 aromatic heterocycles. The van der Waals surface area contributed by atoms with Crippen molar-refractivity contribution in [1.29, 1.82) is 0 Å². The second-order valence-corrected chi connectivity index (χ2v) is 14.2. The molecule has 14 nitrogen and oxygen atoms in total. The molecule has 0 spiro atoms. The topological polar surface area (TPSA) is 190 Å². The summed E-state index contributed by atoms with van der Waals surface area (Å²) in [5, 5.41) is 20.4. The standard InChI is InChI=1S/C34H55N9O5/c35-41-38-23-27-7-2-1-6-26(27)22-34(33(45)37-14-15-43-16-20-46-21-17-43)31(30-9-4-3-8-28(30)24-39-42-36)48-32(40-34)25-10-12-29(13-11-25)47-19-5-18-44/h25-27,29,31,44H,1-24H2,(H,37,45)/t25?,26?,27?,29?,31-,34-/m0/s1. The van der Waals surface area contributed by atoms with Gasteiger partial charge in [-0.05, 0) is 92.7 Å². The van der Waals surface area contributed by atoms with Gasteiger partial charge in [0.15, 0.2) is 17.5 Å². The van der Waals surface area contributed by atoms with Gasteiger partial charge in [-0.2, -0.15) is 0 Å². The molecule has 1 amide bonds. The first-order chi connectivity index (χ1) is 23.6. The molecule has 2 unspecified atom stereocenters. The van der Waals surface area contributed by atoms with Gasteiger partial charge < -0.3 is 24.6 Å². The van der Waals surface area contributed by atoms with E-state index in [4.69, 9.17) is 24.7 Å². The largest absolute Gasteiger partial charge is 0.470 e. The molecule has 0 bridgehead atoms. The van der Waals surface area contributed by atoms with Gasteiger partial charge in [-0.3, -0.25) is 9.69 Å². The van der Waals surface area contributed by atoms with Crippen LogP contribution in [0, 0.1) is 17.8 Å². The molecule has 1 saturated heterocycles. The third kappa shape index (κ3) is 9.43. The van der Waals surface area contributed by atoms with Gasteiger partial charge in [-0.1, -0.05) is 41.5 Å². The monoisotopic (exact) mass is 669 g/mol. The average molecular weight is 670 g/mol. The van der Waals surface area contributed by atoms with E-state index in [0.29, 0.717) is 51.6 Å². The van der Waals surface area contributed by atoms with Crippen molar-refractivity contribution in [1.82, 2.24) is 10.2 Å². The van der Waals surface area contributed by atoms with E-state index in [9.17, 15) is 15.4 Å². The first-order valence-electron chi connectivity index (χ1n) is 18.4. The molecule has 4 atom stereocenters. The van der Waals surface area contributed by atoms with Gasteiger partial charge in [-0.25, -0.2) is 4.99 Å². The SMILES string of the molecule is [N-]=[N+]=NCC1=C([C@@H]2OC(C3CCC(OCCCO)CC3)=N[C@]2(CC2CCCCC2CN=[N+]=[N-])C(=O)NCCN2CCOCC2)CCCC1. The highest BCUT2D eigenvalue weighted by Gasteiger charge is 2.56. The number of hydrogen-bond acceptors (Lipinski definition) is 9. The van der Waals surface area contributed by atoms with Crippen molar-refractivity contribution < 1.29 is 24.1 Å². The molecule has 2 heterocycles. The maximum absolute atomic E-state index is 14.8. The van der Waals surface area contributed by atoms with Crippen LogP contribution in [0.15, 0.2) is 26.4 Å². The lowest BCUT2D eigenvalue weighted by Gasteiger charge is -2.40. The zero-order chi connectivity index (χ0) is 33.6. The smallest absolute Gasteiger partial charge is 0.252 e. The number of carbonyl (C=O) groups excluding carboxylic acids is 1. The molecular weight excluding hydrogens is 614 g/mol. The van der Waals surface area contributed by atoms with Gasteiger partial charge in [0.25, 0.3) is 5.91 Å². The molecule has 266 valence electrons. The Morgan fingerprint density at radius 1 is 1.02 bits per heavy atom. The lowest BCUT2D eigenvalue weighted by Crippen LogP contribution is -2.55.